The van der Waals surface area contributed by atoms with Crippen LogP contribution in [0.3, 0.4) is 0 Å². The van der Waals surface area contributed by atoms with Crippen molar-refractivity contribution in [3.63, 3.8) is 0 Å². The maximum atomic E-state index is 4.90. The largest absolute Gasteiger partial charge is 0.373 e. The SMILES string of the molecule is CCC#Cc1cc2c(cc1CC)C1(CCC1)C(NCC)=N2. The molecule has 1 saturated carbocycles. The Balaban J connectivity index is 2.09. The molecular formula is C19H24N2. The first-order valence-electron chi connectivity index (χ1n) is 8.24. The van der Waals surface area contributed by atoms with E-state index in [-0.39, 0.29) is 5.41 Å². The van der Waals surface area contributed by atoms with E-state index in [9.17, 15) is 0 Å². The van der Waals surface area contributed by atoms with E-state index in [1.807, 2.05) is 0 Å². The van der Waals surface area contributed by atoms with E-state index in [0.29, 0.717) is 0 Å². The molecule has 0 amide bonds. The van der Waals surface area contributed by atoms with Gasteiger partial charge in [0.2, 0.25) is 0 Å². The number of rotatable bonds is 2. The van der Waals surface area contributed by atoms with Gasteiger partial charge in [-0.15, -0.1) is 0 Å². The molecule has 0 radical (unpaired) electrons. The number of aryl methyl sites for hydroxylation is 1. The summed E-state index contributed by atoms with van der Waals surface area (Å²) in [4.78, 5) is 4.90. The van der Waals surface area contributed by atoms with Crippen molar-refractivity contribution in [2.24, 2.45) is 4.99 Å². The second-order valence-corrected chi connectivity index (χ2v) is 5.96. The summed E-state index contributed by atoms with van der Waals surface area (Å²) in [6, 6.07) is 4.59. The highest BCUT2D eigenvalue weighted by Crippen LogP contribution is 2.52. The summed E-state index contributed by atoms with van der Waals surface area (Å²) in [5.41, 5.74) is 5.29. The van der Waals surface area contributed by atoms with Crippen LogP contribution in [0.15, 0.2) is 17.1 Å². The first-order chi connectivity index (χ1) is 10.2. The van der Waals surface area contributed by atoms with Crippen molar-refractivity contribution in [1.82, 2.24) is 5.32 Å². The maximum absolute atomic E-state index is 4.90. The first kappa shape index (κ1) is 14.2. The van der Waals surface area contributed by atoms with Crippen molar-refractivity contribution in [2.75, 3.05) is 6.54 Å². The number of amidine groups is 1. The molecule has 1 N–H and O–H groups in total. The predicted molar refractivity (Wildman–Crippen MR) is 89.3 cm³/mol. The average Bonchev–Trinajstić information content (AvgIpc) is 2.77. The number of hydrogen-bond acceptors (Lipinski definition) is 2. The number of fused-ring (bicyclic) bond motifs is 2. The minimum absolute atomic E-state index is 0.186. The molecule has 1 aromatic carbocycles. The molecule has 1 aliphatic heterocycles. The minimum atomic E-state index is 0.186. The molecule has 1 fully saturated rings. The number of aliphatic imine (C=N–C) groups is 1. The van der Waals surface area contributed by atoms with E-state index in [2.05, 4.69) is 50.1 Å². The molecule has 2 heteroatoms. The van der Waals surface area contributed by atoms with Crippen molar-refractivity contribution in [3.8, 4) is 11.8 Å². The third-order valence-electron chi connectivity index (χ3n) is 4.75. The summed E-state index contributed by atoms with van der Waals surface area (Å²) in [5.74, 6) is 7.70. The van der Waals surface area contributed by atoms with Gasteiger partial charge in [-0.3, -0.25) is 0 Å². The van der Waals surface area contributed by atoms with Gasteiger partial charge in [-0.05, 0) is 43.4 Å². The minimum Gasteiger partial charge on any atom is -0.373 e. The van der Waals surface area contributed by atoms with E-state index in [4.69, 9.17) is 4.99 Å². The van der Waals surface area contributed by atoms with Crippen LogP contribution in [0.4, 0.5) is 5.69 Å². The molecule has 2 aliphatic rings. The van der Waals surface area contributed by atoms with Gasteiger partial charge in [0.15, 0.2) is 0 Å². The Labute approximate surface area is 128 Å². The monoisotopic (exact) mass is 280 g/mol. The van der Waals surface area contributed by atoms with Crippen LogP contribution in [0.2, 0.25) is 0 Å². The van der Waals surface area contributed by atoms with E-state index < -0.39 is 0 Å². The summed E-state index contributed by atoms with van der Waals surface area (Å²) in [6.45, 7) is 7.40. The van der Waals surface area contributed by atoms with Crippen LogP contribution in [-0.4, -0.2) is 12.4 Å². The van der Waals surface area contributed by atoms with Gasteiger partial charge in [0.1, 0.15) is 5.84 Å². The first-order valence-corrected chi connectivity index (χ1v) is 8.24. The normalized spacial score (nSPS) is 17.6. The van der Waals surface area contributed by atoms with Crippen molar-refractivity contribution in [2.45, 2.75) is 58.3 Å². The summed E-state index contributed by atoms with van der Waals surface area (Å²) >= 11 is 0. The van der Waals surface area contributed by atoms with Crippen LogP contribution in [-0.2, 0) is 11.8 Å². The molecule has 1 aliphatic carbocycles. The van der Waals surface area contributed by atoms with E-state index in [1.54, 1.807) is 0 Å². The molecule has 0 saturated heterocycles. The lowest BCUT2D eigenvalue weighted by Crippen LogP contribution is -2.47. The number of nitrogens with zero attached hydrogens (tertiary/aromatic N) is 1. The van der Waals surface area contributed by atoms with Gasteiger partial charge in [0.05, 0.1) is 11.1 Å². The zero-order chi connectivity index (χ0) is 14.9. The fourth-order valence-corrected chi connectivity index (χ4v) is 3.47. The highest BCUT2D eigenvalue weighted by molar-refractivity contribution is 6.01. The van der Waals surface area contributed by atoms with Gasteiger partial charge in [-0.25, -0.2) is 4.99 Å². The fourth-order valence-electron chi connectivity index (χ4n) is 3.47. The lowest BCUT2D eigenvalue weighted by Gasteiger charge is -2.40. The van der Waals surface area contributed by atoms with E-state index in [1.165, 1.54) is 36.2 Å². The predicted octanol–water partition coefficient (Wildman–Crippen LogP) is 4.09. The highest BCUT2D eigenvalue weighted by atomic mass is 15.0. The van der Waals surface area contributed by atoms with Crippen LogP contribution in [0.25, 0.3) is 0 Å². The van der Waals surface area contributed by atoms with Gasteiger partial charge in [-0.1, -0.05) is 38.2 Å². The summed E-state index contributed by atoms with van der Waals surface area (Å²) in [6.07, 6.45) is 5.70. The van der Waals surface area contributed by atoms with E-state index in [0.717, 1.165) is 30.6 Å². The second-order valence-electron chi connectivity index (χ2n) is 5.96. The van der Waals surface area contributed by atoms with Gasteiger partial charge in [-0.2, -0.15) is 0 Å². The van der Waals surface area contributed by atoms with Gasteiger partial charge >= 0.3 is 0 Å². The smallest absolute Gasteiger partial charge is 0.113 e. The molecular weight excluding hydrogens is 256 g/mol. The molecule has 0 unspecified atom stereocenters. The number of likely N-dealkylation sites (N-methyl/N-ethyl adjacent to an activating group) is 1. The number of nitrogens with one attached hydrogen (secondary N) is 1. The van der Waals surface area contributed by atoms with Gasteiger partial charge in [0, 0.05) is 18.5 Å². The third kappa shape index (κ3) is 2.16. The van der Waals surface area contributed by atoms with Crippen molar-refractivity contribution in [1.29, 1.82) is 0 Å². The molecule has 1 aromatic rings. The van der Waals surface area contributed by atoms with Crippen molar-refractivity contribution < 1.29 is 0 Å². The molecule has 1 heterocycles. The second kappa shape index (κ2) is 5.56. The summed E-state index contributed by atoms with van der Waals surface area (Å²) < 4.78 is 0. The Kier molecular flexibility index (Phi) is 3.76. The molecule has 110 valence electrons. The Morgan fingerprint density at radius 2 is 2.05 bits per heavy atom. The molecule has 1 spiro atoms. The van der Waals surface area contributed by atoms with Crippen LogP contribution in [0.5, 0.6) is 0 Å². The topological polar surface area (TPSA) is 24.4 Å². The Morgan fingerprint density at radius 1 is 1.24 bits per heavy atom. The van der Waals surface area contributed by atoms with Gasteiger partial charge in [0.25, 0.3) is 0 Å². The van der Waals surface area contributed by atoms with Gasteiger partial charge < -0.3 is 5.32 Å². The van der Waals surface area contributed by atoms with E-state index >= 15 is 0 Å². The Hall–Kier alpha value is -1.75. The lowest BCUT2D eigenvalue weighted by molar-refractivity contribution is 0.339. The number of benzene rings is 1. The number of hydrogen-bond donors (Lipinski definition) is 1. The van der Waals surface area contributed by atoms with Crippen LogP contribution < -0.4 is 5.32 Å². The molecule has 0 aromatic heterocycles. The Morgan fingerprint density at radius 3 is 2.62 bits per heavy atom. The highest BCUT2D eigenvalue weighted by Gasteiger charge is 2.48. The van der Waals surface area contributed by atoms with Crippen LogP contribution in [0, 0.1) is 11.8 Å². The fraction of sp³-hybridized carbons (Fsp3) is 0.526. The van der Waals surface area contributed by atoms with Crippen LogP contribution in [0.1, 0.15) is 63.1 Å². The quantitative estimate of drug-likeness (QED) is 0.811. The molecule has 2 nitrogen and oxygen atoms in total. The van der Waals surface area contributed by atoms with Crippen LogP contribution >= 0.6 is 0 Å². The maximum Gasteiger partial charge on any atom is 0.113 e. The summed E-state index contributed by atoms with van der Waals surface area (Å²) in [7, 11) is 0. The lowest BCUT2D eigenvalue weighted by atomic mass is 9.64. The Bertz CT molecular complexity index is 640. The summed E-state index contributed by atoms with van der Waals surface area (Å²) in [5, 5.41) is 3.50. The molecule has 21 heavy (non-hydrogen) atoms. The molecule has 0 bridgehead atoms. The molecule has 0 atom stereocenters. The molecule has 3 rings (SSSR count). The third-order valence-corrected chi connectivity index (χ3v) is 4.75. The van der Waals surface area contributed by atoms with Crippen molar-refractivity contribution in [3.05, 3.63) is 28.8 Å². The zero-order valence-corrected chi connectivity index (χ0v) is 13.3. The van der Waals surface area contributed by atoms with Crippen molar-refractivity contribution >= 4 is 11.5 Å². The zero-order valence-electron chi connectivity index (χ0n) is 13.3. The average molecular weight is 280 g/mol. The standard InChI is InChI=1S/C19H24N2/c1-4-7-9-15-13-17-16(12-14(15)5-2)19(10-8-11-19)18(21-17)20-6-3/h12-13H,4-6,8,10-11H2,1-3H3,(H,20,21).